The minimum atomic E-state index is 0.0599. The lowest BCUT2D eigenvalue weighted by atomic mass is 9.80. The highest BCUT2D eigenvalue weighted by Crippen LogP contribution is 2.35. The van der Waals surface area contributed by atoms with Crippen LogP contribution in [0.25, 0.3) is 0 Å². The van der Waals surface area contributed by atoms with Crippen LogP contribution in [0.15, 0.2) is 18.2 Å². The molecule has 0 heterocycles. The maximum absolute atomic E-state index is 5.66. The summed E-state index contributed by atoms with van der Waals surface area (Å²) < 4.78 is 10.6. The quantitative estimate of drug-likeness (QED) is 0.746. The van der Waals surface area contributed by atoms with Gasteiger partial charge in [-0.15, -0.1) is 0 Å². The van der Waals surface area contributed by atoms with E-state index in [9.17, 15) is 0 Å². The largest absolute Gasteiger partial charge is 0.467 e. The number of rotatable bonds is 3. The molecule has 0 fully saturated rings. The molecule has 0 radical (unpaired) electrons. The van der Waals surface area contributed by atoms with Crippen LogP contribution in [0.4, 0.5) is 0 Å². The van der Waals surface area contributed by atoms with Crippen LogP contribution in [0.2, 0.25) is 0 Å². The van der Waals surface area contributed by atoms with E-state index in [4.69, 9.17) is 9.47 Å². The van der Waals surface area contributed by atoms with Crippen molar-refractivity contribution in [2.45, 2.75) is 52.4 Å². The average molecular weight is 250 g/mol. The lowest BCUT2D eigenvalue weighted by Crippen LogP contribution is -2.18. The van der Waals surface area contributed by atoms with Gasteiger partial charge in [-0.1, -0.05) is 53.7 Å². The molecule has 2 nitrogen and oxygen atoms in total. The third-order valence-electron chi connectivity index (χ3n) is 2.99. The summed E-state index contributed by atoms with van der Waals surface area (Å²) in [5, 5.41) is 0. The van der Waals surface area contributed by atoms with Crippen molar-refractivity contribution in [3.8, 4) is 5.75 Å². The van der Waals surface area contributed by atoms with Crippen LogP contribution in [0, 0.1) is 0 Å². The van der Waals surface area contributed by atoms with E-state index in [2.05, 4.69) is 59.7 Å². The van der Waals surface area contributed by atoms with Crippen molar-refractivity contribution in [2.75, 3.05) is 13.9 Å². The molecule has 0 aliphatic heterocycles. The number of methoxy groups -OCH3 is 1. The SMILES string of the molecule is COCOc1ccc(C(C)(C)C)cc1C(C)(C)C. The van der Waals surface area contributed by atoms with Crippen LogP contribution in [0.1, 0.15) is 52.7 Å². The van der Waals surface area contributed by atoms with Gasteiger partial charge in [-0.25, -0.2) is 0 Å². The highest BCUT2D eigenvalue weighted by molar-refractivity contribution is 5.43. The second-order valence-electron chi connectivity index (χ2n) is 6.76. The van der Waals surface area contributed by atoms with E-state index in [1.165, 1.54) is 11.1 Å². The molecular weight excluding hydrogens is 224 g/mol. The number of benzene rings is 1. The highest BCUT2D eigenvalue weighted by Gasteiger charge is 2.22. The first-order valence-electron chi connectivity index (χ1n) is 6.43. The van der Waals surface area contributed by atoms with Crippen LogP contribution in [0.5, 0.6) is 5.75 Å². The molecule has 0 aliphatic rings. The molecule has 0 saturated heterocycles. The standard InChI is InChI=1S/C16H26O2/c1-15(2,3)12-8-9-14(18-11-17-7)13(10-12)16(4,5)6/h8-10H,11H2,1-7H3. The molecule has 1 rings (SSSR count). The fourth-order valence-electron chi connectivity index (χ4n) is 1.83. The molecule has 2 heteroatoms. The Balaban J connectivity index is 3.21. The van der Waals surface area contributed by atoms with Crippen LogP contribution >= 0.6 is 0 Å². The number of hydrogen-bond donors (Lipinski definition) is 0. The zero-order chi connectivity index (χ0) is 14.0. The second-order valence-corrected chi connectivity index (χ2v) is 6.76. The molecule has 0 aromatic heterocycles. The Morgan fingerprint density at radius 2 is 1.56 bits per heavy atom. The van der Waals surface area contributed by atoms with E-state index in [0.29, 0.717) is 0 Å². The smallest absolute Gasteiger partial charge is 0.188 e. The lowest BCUT2D eigenvalue weighted by Gasteiger charge is -2.27. The van der Waals surface area contributed by atoms with E-state index in [-0.39, 0.29) is 17.6 Å². The van der Waals surface area contributed by atoms with Gasteiger partial charge in [0.05, 0.1) is 0 Å². The minimum absolute atomic E-state index is 0.0599. The van der Waals surface area contributed by atoms with Gasteiger partial charge in [0.1, 0.15) is 5.75 Å². The molecule has 18 heavy (non-hydrogen) atoms. The molecule has 0 unspecified atom stereocenters. The summed E-state index contributed by atoms with van der Waals surface area (Å²) in [6, 6.07) is 6.45. The molecule has 1 aromatic rings. The molecule has 0 bridgehead atoms. The van der Waals surface area contributed by atoms with E-state index >= 15 is 0 Å². The topological polar surface area (TPSA) is 18.5 Å². The van der Waals surface area contributed by atoms with Crippen molar-refractivity contribution in [3.63, 3.8) is 0 Å². The maximum atomic E-state index is 5.66. The molecule has 0 aliphatic carbocycles. The predicted octanol–water partition coefficient (Wildman–Crippen LogP) is 4.26. The van der Waals surface area contributed by atoms with Crippen molar-refractivity contribution >= 4 is 0 Å². The summed E-state index contributed by atoms with van der Waals surface area (Å²) >= 11 is 0. The lowest BCUT2D eigenvalue weighted by molar-refractivity contribution is 0.0498. The molecule has 0 spiro atoms. The molecule has 0 N–H and O–H groups in total. The number of ether oxygens (including phenoxy) is 2. The molecule has 1 aromatic carbocycles. The Morgan fingerprint density at radius 1 is 0.944 bits per heavy atom. The van der Waals surface area contributed by atoms with E-state index in [1.807, 2.05) is 0 Å². The van der Waals surface area contributed by atoms with Crippen molar-refractivity contribution in [1.29, 1.82) is 0 Å². The van der Waals surface area contributed by atoms with E-state index in [1.54, 1.807) is 7.11 Å². The summed E-state index contributed by atoms with van der Waals surface area (Å²) in [6.07, 6.45) is 0. The van der Waals surface area contributed by atoms with Crippen molar-refractivity contribution < 1.29 is 9.47 Å². The Bertz CT molecular complexity index is 395. The summed E-state index contributed by atoms with van der Waals surface area (Å²) in [4.78, 5) is 0. The first kappa shape index (κ1) is 15.0. The summed E-state index contributed by atoms with van der Waals surface area (Å²) in [5.74, 6) is 0.914. The summed E-state index contributed by atoms with van der Waals surface area (Å²) in [6.45, 7) is 13.6. The zero-order valence-corrected chi connectivity index (χ0v) is 12.8. The van der Waals surface area contributed by atoms with Gasteiger partial charge in [0, 0.05) is 7.11 Å². The maximum Gasteiger partial charge on any atom is 0.188 e. The van der Waals surface area contributed by atoms with Crippen molar-refractivity contribution in [3.05, 3.63) is 29.3 Å². The third kappa shape index (κ3) is 3.74. The molecule has 102 valence electrons. The monoisotopic (exact) mass is 250 g/mol. The first-order valence-corrected chi connectivity index (χ1v) is 6.43. The van der Waals surface area contributed by atoms with Crippen LogP contribution in [-0.2, 0) is 15.6 Å². The van der Waals surface area contributed by atoms with Crippen molar-refractivity contribution in [1.82, 2.24) is 0 Å². The second kappa shape index (κ2) is 5.31. The summed E-state index contributed by atoms with van der Waals surface area (Å²) in [7, 11) is 1.64. The first-order chi connectivity index (χ1) is 8.16. The van der Waals surface area contributed by atoms with Crippen molar-refractivity contribution in [2.24, 2.45) is 0 Å². The zero-order valence-electron chi connectivity index (χ0n) is 12.8. The Labute approximate surface area is 111 Å². The fourth-order valence-corrected chi connectivity index (χ4v) is 1.83. The third-order valence-corrected chi connectivity index (χ3v) is 2.99. The minimum Gasteiger partial charge on any atom is -0.467 e. The molecule has 0 amide bonds. The Kier molecular flexibility index (Phi) is 4.44. The van der Waals surface area contributed by atoms with Gasteiger partial charge in [0.2, 0.25) is 0 Å². The van der Waals surface area contributed by atoms with Gasteiger partial charge in [-0.3, -0.25) is 0 Å². The van der Waals surface area contributed by atoms with Gasteiger partial charge in [0.25, 0.3) is 0 Å². The molecular formula is C16H26O2. The predicted molar refractivity (Wildman–Crippen MR) is 76.3 cm³/mol. The Hall–Kier alpha value is -1.02. The Morgan fingerprint density at radius 3 is 2.00 bits per heavy atom. The van der Waals surface area contributed by atoms with E-state index < -0.39 is 0 Å². The highest BCUT2D eigenvalue weighted by atomic mass is 16.7. The van der Waals surface area contributed by atoms with Gasteiger partial charge in [0.15, 0.2) is 6.79 Å². The summed E-state index contributed by atoms with van der Waals surface area (Å²) in [5.41, 5.74) is 2.77. The van der Waals surface area contributed by atoms with E-state index in [0.717, 1.165) is 5.75 Å². The van der Waals surface area contributed by atoms with Crippen LogP contribution in [0.3, 0.4) is 0 Å². The van der Waals surface area contributed by atoms with Gasteiger partial charge < -0.3 is 9.47 Å². The number of hydrogen-bond acceptors (Lipinski definition) is 2. The van der Waals surface area contributed by atoms with Crippen LogP contribution < -0.4 is 4.74 Å². The van der Waals surface area contributed by atoms with Gasteiger partial charge in [-0.2, -0.15) is 0 Å². The normalized spacial score (nSPS) is 12.6. The van der Waals surface area contributed by atoms with Gasteiger partial charge >= 0.3 is 0 Å². The molecule has 0 atom stereocenters. The average Bonchev–Trinajstić information content (AvgIpc) is 2.23. The fraction of sp³-hybridized carbons (Fsp3) is 0.625. The van der Waals surface area contributed by atoms with Crippen LogP contribution in [-0.4, -0.2) is 13.9 Å². The molecule has 0 saturated carbocycles. The van der Waals surface area contributed by atoms with Gasteiger partial charge in [-0.05, 0) is 28.0 Å².